The van der Waals surface area contributed by atoms with Gasteiger partial charge < -0.3 is 4.90 Å². The molecule has 0 spiro atoms. The molecule has 3 nitrogen and oxygen atoms in total. The average Bonchev–Trinajstić information content (AvgIpc) is 2.47. The van der Waals surface area contributed by atoms with Gasteiger partial charge in [0, 0.05) is 30.5 Å². The number of hydrogen-bond acceptors (Lipinski definition) is 2. The van der Waals surface area contributed by atoms with Gasteiger partial charge in [-0.15, -0.1) is 0 Å². The second-order valence-electron chi connectivity index (χ2n) is 6.04. The highest BCUT2D eigenvalue weighted by Crippen LogP contribution is 2.41. The largest absolute Gasteiger partial charge is 0.337 e. The van der Waals surface area contributed by atoms with Crippen LogP contribution in [0.4, 0.5) is 0 Å². The average molecular weight is 269 g/mol. The quantitative estimate of drug-likeness (QED) is 0.786. The maximum Gasteiger partial charge on any atom is 0.253 e. The lowest BCUT2D eigenvalue weighted by molar-refractivity contribution is -0.115. The number of benzene rings is 1. The van der Waals surface area contributed by atoms with Crippen LogP contribution >= 0.6 is 0 Å². The molecule has 1 aromatic carbocycles. The second-order valence-corrected chi connectivity index (χ2v) is 6.04. The van der Waals surface area contributed by atoms with Crippen LogP contribution in [0.25, 0.3) is 0 Å². The van der Waals surface area contributed by atoms with Crippen LogP contribution in [0.15, 0.2) is 42.0 Å². The predicted octanol–water partition coefficient (Wildman–Crippen LogP) is 2.83. The summed E-state index contributed by atoms with van der Waals surface area (Å²) in [4.78, 5) is 26.0. The van der Waals surface area contributed by atoms with Crippen molar-refractivity contribution in [3.63, 3.8) is 0 Å². The van der Waals surface area contributed by atoms with Crippen LogP contribution in [0.5, 0.6) is 0 Å². The first kappa shape index (κ1) is 13.1. The number of likely N-dealkylation sites (tertiary alicyclic amines) is 1. The van der Waals surface area contributed by atoms with Gasteiger partial charge >= 0.3 is 0 Å². The summed E-state index contributed by atoms with van der Waals surface area (Å²) in [6.07, 6.45) is 4.10. The zero-order valence-corrected chi connectivity index (χ0v) is 11.8. The Labute approximate surface area is 119 Å². The minimum atomic E-state index is -0.0173. The molecule has 1 aliphatic heterocycles. The molecular weight excluding hydrogens is 250 g/mol. The maximum absolute atomic E-state index is 12.5. The molecule has 0 aromatic heterocycles. The van der Waals surface area contributed by atoms with Crippen LogP contribution in [-0.4, -0.2) is 29.7 Å². The molecule has 1 heterocycles. The van der Waals surface area contributed by atoms with Crippen molar-refractivity contribution in [2.75, 3.05) is 13.1 Å². The van der Waals surface area contributed by atoms with Crippen molar-refractivity contribution in [3.05, 3.63) is 47.5 Å². The summed E-state index contributed by atoms with van der Waals surface area (Å²) in [5.41, 5.74) is 1.96. The van der Waals surface area contributed by atoms with Crippen LogP contribution in [0, 0.1) is 5.41 Å². The number of carbonyl (C=O) groups excluding carboxylic acids is 2. The van der Waals surface area contributed by atoms with Crippen molar-refractivity contribution < 1.29 is 9.59 Å². The molecule has 1 unspecified atom stereocenters. The van der Waals surface area contributed by atoms with Crippen molar-refractivity contribution in [2.24, 2.45) is 5.41 Å². The van der Waals surface area contributed by atoms with Gasteiger partial charge in [0.15, 0.2) is 5.78 Å². The van der Waals surface area contributed by atoms with Crippen molar-refractivity contribution in [3.8, 4) is 0 Å². The Morgan fingerprint density at radius 2 is 1.95 bits per heavy atom. The van der Waals surface area contributed by atoms with E-state index >= 15 is 0 Å². The first-order valence-corrected chi connectivity index (χ1v) is 7.17. The molecule has 1 fully saturated rings. The lowest BCUT2D eigenvalue weighted by Crippen LogP contribution is -2.47. The van der Waals surface area contributed by atoms with E-state index in [4.69, 9.17) is 0 Å². The normalized spacial score (nSPS) is 25.9. The zero-order chi connectivity index (χ0) is 14.2. The number of ketones is 1. The third kappa shape index (κ3) is 2.28. The molecule has 20 heavy (non-hydrogen) atoms. The monoisotopic (exact) mass is 269 g/mol. The Balaban J connectivity index is 1.81. The van der Waals surface area contributed by atoms with Gasteiger partial charge in [-0.2, -0.15) is 0 Å². The summed E-state index contributed by atoms with van der Waals surface area (Å²) in [5.74, 6) is 0.336. The summed E-state index contributed by atoms with van der Waals surface area (Å²) in [6.45, 7) is 3.61. The van der Waals surface area contributed by atoms with Crippen LogP contribution < -0.4 is 0 Å². The third-order valence-corrected chi connectivity index (χ3v) is 4.53. The van der Waals surface area contributed by atoms with E-state index in [1.165, 1.54) is 5.57 Å². The SMILES string of the molecule is CC12CCC(=O)C=C1CCN(C(=O)c1ccccc1)C2. The summed E-state index contributed by atoms with van der Waals surface area (Å²) in [6, 6.07) is 9.43. The van der Waals surface area contributed by atoms with Gasteiger partial charge in [-0.25, -0.2) is 0 Å². The van der Waals surface area contributed by atoms with E-state index in [1.54, 1.807) is 0 Å². The van der Waals surface area contributed by atoms with E-state index in [-0.39, 0.29) is 17.1 Å². The number of piperidine rings is 1. The van der Waals surface area contributed by atoms with E-state index in [9.17, 15) is 9.59 Å². The van der Waals surface area contributed by atoms with Gasteiger partial charge in [-0.1, -0.05) is 30.7 Å². The summed E-state index contributed by atoms with van der Waals surface area (Å²) >= 11 is 0. The Kier molecular flexibility index (Phi) is 3.20. The maximum atomic E-state index is 12.5. The summed E-state index contributed by atoms with van der Waals surface area (Å²) in [7, 11) is 0. The van der Waals surface area contributed by atoms with Crippen LogP contribution in [-0.2, 0) is 4.79 Å². The highest BCUT2D eigenvalue weighted by molar-refractivity contribution is 5.95. The van der Waals surface area contributed by atoms with E-state index in [0.717, 1.165) is 24.9 Å². The Hall–Kier alpha value is -1.90. The molecular formula is C17H19NO2. The van der Waals surface area contributed by atoms with Crippen LogP contribution in [0.2, 0.25) is 0 Å². The molecule has 1 atom stereocenters. The smallest absolute Gasteiger partial charge is 0.253 e. The third-order valence-electron chi connectivity index (χ3n) is 4.53. The predicted molar refractivity (Wildman–Crippen MR) is 77.4 cm³/mol. The number of fused-ring (bicyclic) bond motifs is 1. The molecule has 0 N–H and O–H groups in total. The summed E-state index contributed by atoms with van der Waals surface area (Å²) in [5, 5.41) is 0. The van der Waals surface area contributed by atoms with Crippen molar-refractivity contribution in [2.45, 2.75) is 26.2 Å². The number of amides is 1. The van der Waals surface area contributed by atoms with Gasteiger partial charge in [0.25, 0.3) is 5.91 Å². The van der Waals surface area contributed by atoms with E-state index in [1.807, 2.05) is 41.3 Å². The number of carbonyl (C=O) groups is 2. The lowest BCUT2D eigenvalue weighted by Gasteiger charge is -2.44. The fraction of sp³-hybridized carbons (Fsp3) is 0.412. The lowest BCUT2D eigenvalue weighted by atomic mass is 9.70. The molecule has 3 heteroatoms. The molecule has 1 aromatic rings. The second kappa shape index (κ2) is 4.89. The highest BCUT2D eigenvalue weighted by atomic mass is 16.2. The standard InChI is InChI=1S/C17H19NO2/c1-17-9-7-15(19)11-14(17)8-10-18(12-17)16(20)13-5-3-2-4-6-13/h2-6,11H,7-10,12H2,1H3. The number of allylic oxidation sites excluding steroid dienone is 1. The fourth-order valence-electron chi connectivity index (χ4n) is 3.25. The van der Waals surface area contributed by atoms with Gasteiger partial charge in [-0.05, 0) is 31.1 Å². The van der Waals surface area contributed by atoms with Crippen molar-refractivity contribution >= 4 is 11.7 Å². The molecule has 0 saturated carbocycles. The first-order chi connectivity index (χ1) is 9.58. The number of nitrogens with zero attached hydrogens (tertiary/aromatic N) is 1. The Morgan fingerprint density at radius 1 is 1.20 bits per heavy atom. The Morgan fingerprint density at radius 3 is 2.70 bits per heavy atom. The van der Waals surface area contributed by atoms with Gasteiger partial charge in [0.1, 0.15) is 0 Å². The fourth-order valence-corrected chi connectivity index (χ4v) is 3.25. The molecule has 104 valence electrons. The molecule has 1 aliphatic carbocycles. The molecule has 3 rings (SSSR count). The topological polar surface area (TPSA) is 37.4 Å². The van der Waals surface area contributed by atoms with Gasteiger partial charge in [0.2, 0.25) is 0 Å². The Bertz CT molecular complexity index is 576. The van der Waals surface area contributed by atoms with E-state index in [2.05, 4.69) is 6.92 Å². The van der Waals surface area contributed by atoms with Crippen molar-refractivity contribution in [1.82, 2.24) is 4.90 Å². The molecule has 2 aliphatic rings. The number of rotatable bonds is 1. The minimum absolute atomic E-state index is 0.0173. The first-order valence-electron chi connectivity index (χ1n) is 7.17. The number of hydrogen-bond donors (Lipinski definition) is 0. The van der Waals surface area contributed by atoms with Gasteiger partial charge in [-0.3, -0.25) is 9.59 Å². The molecule has 1 amide bonds. The van der Waals surface area contributed by atoms with E-state index in [0.29, 0.717) is 13.0 Å². The highest BCUT2D eigenvalue weighted by Gasteiger charge is 2.39. The van der Waals surface area contributed by atoms with E-state index < -0.39 is 0 Å². The minimum Gasteiger partial charge on any atom is -0.337 e. The van der Waals surface area contributed by atoms with Crippen molar-refractivity contribution in [1.29, 1.82) is 0 Å². The van der Waals surface area contributed by atoms with Crippen LogP contribution in [0.3, 0.4) is 0 Å². The molecule has 0 radical (unpaired) electrons. The van der Waals surface area contributed by atoms with Gasteiger partial charge in [0.05, 0.1) is 0 Å². The molecule has 0 bridgehead atoms. The van der Waals surface area contributed by atoms with Crippen LogP contribution in [0.1, 0.15) is 36.5 Å². The molecule has 1 saturated heterocycles. The summed E-state index contributed by atoms with van der Waals surface area (Å²) < 4.78 is 0. The zero-order valence-electron chi connectivity index (χ0n) is 11.8.